The molecule has 0 bridgehead atoms. The molecule has 0 fully saturated rings. The fourth-order valence-electron chi connectivity index (χ4n) is 2.44. The van der Waals surface area contributed by atoms with Gasteiger partial charge in [-0.1, -0.05) is 30.3 Å². The first-order chi connectivity index (χ1) is 9.78. The van der Waals surface area contributed by atoms with Crippen LogP contribution in [-0.2, 0) is 12.8 Å². The summed E-state index contributed by atoms with van der Waals surface area (Å²) in [5, 5.41) is 0.849. The molecule has 0 aliphatic rings. The third-order valence-electron chi connectivity index (χ3n) is 3.37. The summed E-state index contributed by atoms with van der Waals surface area (Å²) in [6, 6.07) is 10.3. The number of aryl methyl sites for hydroxylation is 3. The van der Waals surface area contributed by atoms with Crippen molar-refractivity contribution in [2.24, 2.45) is 0 Å². The number of hydrogen-bond acceptors (Lipinski definition) is 3. The van der Waals surface area contributed by atoms with Gasteiger partial charge in [0.25, 0.3) is 0 Å². The topological polar surface area (TPSA) is 58.6 Å². The summed E-state index contributed by atoms with van der Waals surface area (Å²) in [6.07, 6.45) is 4.24. The molecule has 3 aromatic rings. The van der Waals surface area contributed by atoms with Gasteiger partial charge in [0.15, 0.2) is 6.29 Å². The summed E-state index contributed by atoms with van der Waals surface area (Å²) in [5.74, 6) is 0.722. The van der Waals surface area contributed by atoms with E-state index in [4.69, 9.17) is 0 Å². The van der Waals surface area contributed by atoms with Gasteiger partial charge in [0.1, 0.15) is 11.5 Å². The molecule has 2 heterocycles. The van der Waals surface area contributed by atoms with Gasteiger partial charge in [-0.05, 0) is 25.3 Å². The van der Waals surface area contributed by atoms with Crippen LogP contribution in [0.25, 0.3) is 11.0 Å². The molecule has 0 atom stereocenters. The van der Waals surface area contributed by atoms with Crippen molar-refractivity contribution in [3.63, 3.8) is 0 Å². The number of H-pyrrole nitrogens is 1. The lowest BCUT2D eigenvalue weighted by atomic mass is 10.1. The number of carbonyl (C=O) groups excluding carboxylic acids is 1. The van der Waals surface area contributed by atoms with Gasteiger partial charge in [0.05, 0.1) is 11.1 Å². The Morgan fingerprint density at radius 2 is 1.95 bits per heavy atom. The van der Waals surface area contributed by atoms with Crippen molar-refractivity contribution in [3.8, 4) is 0 Å². The maximum atomic E-state index is 11.1. The first-order valence-electron chi connectivity index (χ1n) is 6.61. The molecule has 2 aromatic heterocycles. The molecule has 3 rings (SSSR count). The molecule has 100 valence electrons. The van der Waals surface area contributed by atoms with E-state index in [1.807, 2.05) is 25.1 Å². The summed E-state index contributed by atoms with van der Waals surface area (Å²) in [7, 11) is 0. The molecule has 4 nitrogen and oxygen atoms in total. The fourth-order valence-corrected chi connectivity index (χ4v) is 2.44. The Bertz CT molecular complexity index is 747. The van der Waals surface area contributed by atoms with Gasteiger partial charge in [0, 0.05) is 11.8 Å². The van der Waals surface area contributed by atoms with Crippen molar-refractivity contribution in [2.75, 3.05) is 0 Å². The third kappa shape index (κ3) is 2.32. The first-order valence-corrected chi connectivity index (χ1v) is 6.61. The van der Waals surface area contributed by atoms with E-state index in [9.17, 15) is 4.79 Å². The summed E-state index contributed by atoms with van der Waals surface area (Å²) in [6.45, 7) is 1.87. The number of rotatable bonds is 4. The average molecular weight is 265 g/mol. The number of aromatic amines is 1. The molecule has 1 N–H and O–H groups in total. The normalized spacial score (nSPS) is 10.8. The lowest BCUT2D eigenvalue weighted by Gasteiger charge is -2.05. The number of benzene rings is 1. The Balaban J connectivity index is 1.97. The number of hydrogen-bond donors (Lipinski definition) is 1. The third-order valence-corrected chi connectivity index (χ3v) is 3.37. The summed E-state index contributed by atoms with van der Waals surface area (Å²) >= 11 is 0. The highest BCUT2D eigenvalue weighted by Crippen LogP contribution is 2.20. The van der Waals surface area contributed by atoms with Crippen LogP contribution in [0.2, 0.25) is 0 Å². The molecule has 0 radical (unpaired) electrons. The van der Waals surface area contributed by atoms with Crippen LogP contribution >= 0.6 is 0 Å². The molecule has 0 unspecified atom stereocenters. The number of nitrogens with zero attached hydrogens (tertiary/aromatic N) is 2. The Morgan fingerprint density at radius 1 is 1.15 bits per heavy atom. The largest absolute Gasteiger partial charge is 0.345 e. The Kier molecular flexibility index (Phi) is 3.29. The van der Waals surface area contributed by atoms with Crippen LogP contribution in [0.1, 0.15) is 27.4 Å². The van der Waals surface area contributed by atoms with Crippen LogP contribution in [0.3, 0.4) is 0 Å². The van der Waals surface area contributed by atoms with E-state index in [0.717, 1.165) is 41.7 Å². The second-order valence-corrected chi connectivity index (χ2v) is 4.79. The minimum atomic E-state index is 0.628. The van der Waals surface area contributed by atoms with Crippen LogP contribution in [0.5, 0.6) is 0 Å². The molecule has 1 aromatic carbocycles. The predicted octanol–water partition coefficient (Wildman–Crippen LogP) is 2.86. The van der Waals surface area contributed by atoms with Crippen LogP contribution in [-0.4, -0.2) is 21.2 Å². The number of aromatic nitrogens is 3. The van der Waals surface area contributed by atoms with Gasteiger partial charge >= 0.3 is 0 Å². The average Bonchev–Trinajstić information content (AvgIpc) is 2.88. The molecule has 0 aliphatic heterocycles. The van der Waals surface area contributed by atoms with Crippen molar-refractivity contribution in [1.29, 1.82) is 0 Å². The van der Waals surface area contributed by atoms with Crippen molar-refractivity contribution in [2.45, 2.75) is 19.8 Å². The van der Waals surface area contributed by atoms with Crippen LogP contribution in [0.4, 0.5) is 0 Å². The SMILES string of the molecule is Cc1nc(CCc2ccccc2)c2c(C=O)c[nH]c2n1. The highest BCUT2D eigenvalue weighted by molar-refractivity contribution is 5.97. The number of nitrogens with one attached hydrogen (secondary N) is 1. The minimum absolute atomic E-state index is 0.628. The van der Waals surface area contributed by atoms with Gasteiger partial charge in [-0.15, -0.1) is 0 Å². The maximum Gasteiger partial charge on any atom is 0.152 e. The van der Waals surface area contributed by atoms with E-state index in [-0.39, 0.29) is 0 Å². The zero-order valence-corrected chi connectivity index (χ0v) is 11.3. The standard InChI is InChI=1S/C16H15N3O/c1-11-18-14(8-7-12-5-3-2-4-6-12)15-13(10-20)9-17-16(15)19-11/h2-6,9-10H,7-8H2,1H3,(H,17,18,19). The van der Waals surface area contributed by atoms with Gasteiger partial charge in [-0.2, -0.15) is 0 Å². The van der Waals surface area contributed by atoms with E-state index in [2.05, 4.69) is 27.1 Å². The maximum absolute atomic E-state index is 11.1. The van der Waals surface area contributed by atoms with Crippen LogP contribution in [0.15, 0.2) is 36.5 Å². The van der Waals surface area contributed by atoms with Crippen molar-refractivity contribution in [1.82, 2.24) is 15.0 Å². The Labute approximate surface area is 116 Å². The first kappa shape index (κ1) is 12.5. The molecule has 0 aliphatic carbocycles. The summed E-state index contributed by atoms with van der Waals surface area (Å²) in [4.78, 5) is 23.0. The smallest absolute Gasteiger partial charge is 0.152 e. The summed E-state index contributed by atoms with van der Waals surface area (Å²) < 4.78 is 0. The molecule has 4 heteroatoms. The molecule has 0 amide bonds. The van der Waals surface area contributed by atoms with Crippen LogP contribution in [0, 0.1) is 6.92 Å². The highest BCUT2D eigenvalue weighted by atomic mass is 16.1. The van der Waals surface area contributed by atoms with Gasteiger partial charge in [-0.25, -0.2) is 9.97 Å². The van der Waals surface area contributed by atoms with E-state index < -0.39 is 0 Å². The van der Waals surface area contributed by atoms with Gasteiger partial charge < -0.3 is 4.98 Å². The van der Waals surface area contributed by atoms with E-state index in [1.54, 1.807) is 6.20 Å². The summed E-state index contributed by atoms with van der Waals surface area (Å²) in [5.41, 5.74) is 3.56. The monoisotopic (exact) mass is 265 g/mol. The van der Waals surface area contributed by atoms with E-state index >= 15 is 0 Å². The van der Waals surface area contributed by atoms with E-state index in [0.29, 0.717) is 5.56 Å². The molecule has 20 heavy (non-hydrogen) atoms. The highest BCUT2D eigenvalue weighted by Gasteiger charge is 2.12. The second-order valence-electron chi connectivity index (χ2n) is 4.79. The number of carbonyl (C=O) groups is 1. The number of fused-ring (bicyclic) bond motifs is 1. The lowest BCUT2D eigenvalue weighted by molar-refractivity contribution is 0.112. The second kappa shape index (κ2) is 5.25. The fraction of sp³-hybridized carbons (Fsp3) is 0.188. The van der Waals surface area contributed by atoms with Crippen molar-refractivity contribution < 1.29 is 4.79 Å². The Morgan fingerprint density at radius 3 is 2.70 bits per heavy atom. The molecule has 0 saturated carbocycles. The quantitative estimate of drug-likeness (QED) is 0.738. The van der Waals surface area contributed by atoms with Crippen LogP contribution < -0.4 is 0 Å². The molecular formula is C16H15N3O. The van der Waals surface area contributed by atoms with Crippen molar-refractivity contribution in [3.05, 3.63) is 59.2 Å². The van der Waals surface area contributed by atoms with Gasteiger partial charge in [0.2, 0.25) is 0 Å². The minimum Gasteiger partial charge on any atom is -0.345 e. The number of aldehydes is 1. The van der Waals surface area contributed by atoms with Gasteiger partial charge in [-0.3, -0.25) is 4.79 Å². The lowest BCUT2D eigenvalue weighted by Crippen LogP contribution is -2.00. The molecular weight excluding hydrogens is 250 g/mol. The molecule has 0 spiro atoms. The zero-order valence-electron chi connectivity index (χ0n) is 11.3. The zero-order chi connectivity index (χ0) is 13.9. The predicted molar refractivity (Wildman–Crippen MR) is 77.9 cm³/mol. The van der Waals surface area contributed by atoms with E-state index in [1.165, 1.54) is 5.56 Å². The Hall–Kier alpha value is -2.49. The molecule has 0 saturated heterocycles. The van der Waals surface area contributed by atoms with Crippen molar-refractivity contribution >= 4 is 17.3 Å².